The molecule has 4 heterocycles. The fraction of sp³-hybridized carbons (Fsp3) is 0.294. The molecule has 0 bridgehead atoms. The van der Waals surface area contributed by atoms with E-state index in [1.807, 2.05) is 13.0 Å². The van der Waals surface area contributed by atoms with Crippen LogP contribution in [0.2, 0.25) is 0 Å². The predicted molar refractivity (Wildman–Crippen MR) is 88.0 cm³/mol. The van der Waals surface area contributed by atoms with Crippen molar-refractivity contribution in [3.8, 4) is 17.3 Å². The first kappa shape index (κ1) is 15.4. The molecule has 1 atom stereocenters. The summed E-state index contributed by atoms with van der Waals surface area (Å²) in [6.07, 6.45) is 3.91. The lowest BCUT2D eigenvalue weighted by Crippen LogP contribution is -2.31. The summed E-state index contributed by atoms with van der Waals surface area (Å²) >= 11 is 0. The summed E-state index contributed by atoms with van der Waals surface area (Å²) in [4.78, 5) is 22.6. The van der Waals surface area contributed by atoms with E-state index < -0.39 is 0 Å². The lowest BCUT2D eigenvalue weighted by Gasteiger charge is -2.15. The van der Waals surface area contributed by atoms with Gasteiger partial charge in [-0.1, -0.05) is 0 Å². The number of nitrogens with one attached hydrogen (secondary N) is 1. The molecule has 25 heavy (non-hydrogen) atoms. The zero-order valence-electron chi connectivity index (χ0n) is 13.7. The molecule has 128 valence electrons. The van der Waals surface area contributed by atoms with Crippen LogP contribution in [0.1, 0.15) is 22.7 Å². The number of likely N-dealkylation sites (tertiary alicyclic amines) is 1. The SMILES string of the molecule is Cc1nccc(O[C@@H]2CCN(C(=O)c3cc(-c4ccco4)[nH]n3)C2)n1. The standard InChI is InChI=1S/C17H17N5O3/c1-11-18-6-4-16(19-11)25-12-5-7-22(10-12)17(23)14-9-13(20-21-14)15-3-2-8-24-15/h2-4,6,8-9,12H,5,7,10H2,1H3,(H,20,21)/t12-/m1/s1. The fourth-order valence-corrected chi connectivity index (χ4v) is 2.83. The number of rotatable bonds is 4. The van der Waals surface area contributed by atoms with Gasteiger partial charge in [0, 0.05) is 31.3 Å². The van der Waals surface area contributed by atoms with E-state index in [1.165, 1.54) is 0 Å². The summed E-state index contributed by atoms with van der Waals surface area (Å²) in [5.74, 6) is 1.71. The Kier molecular flexibility index (Phi) is 3.93. The van der Waals surface area contributed by atoms with Crippen LogP contribution in [-0.2, 0) is 0 Å². The van der Waals surface area contributed by atoms with Crippen LogP contribution in [0.5, 0.6) is 5.88 Å². The summed E-state index contributed by atoms with van der Waals surface area (Å²) in [5, 5.41) is 6.93. The number of amides is 1. The molecule has 1 amide bonds. The molecule has 1 saturated heterocycles. The number of carbonyl (C=O) groups is 1. The molecular formula is C17H17N5O3. The van der Waals surface area contributed by atoms with Crippen molar-refractivity contribution in [2.45, 2.75) is 19.4 Å². The molecule has 0 unspecified atom stereocenters. The van der Waals surface area contributed by atoms with Crippen LogP contribution in [0.3, 0.4) is 0 Å². The van der Waals surface area contributed by atoms with Gasteiger partial charge in [-0.05, 0) is 19.1 Å². The average molecular weight is 339 g/mol. The molecule has 0 spiro atoms. The number of aryl methyl sites for hydroxylation is 1. The van der Waals surface area contributed by atoms with Crippen molar-refractivity contribution in [3.63, 3.8) is 0 Å². The minimum atomic E-state index is -0.126. The Bertz CT molecular complexity index is 874. The third-order valence-corrected chi connectivity index (χ3v) is 4.05. The Morgan fingerprint density at radius 1 is 1.44 bits per heavy atom. The van der Waals surface area contributed by atoms with E-state index in [4.69, 9.17) is 9.15 Å². The molecule has 1 aliphatic heterocycles. The van der Waals surface area contributed by atoms with Gasteiger partial charge in [-0.3, -0.25) is 9.89 Å². The Balaban J connectivity index is 1.40. The number of aromatic amines is 1. The van der Waals surface area contributed by atoms with Gasteiger partial charge in [0.2, 0.25) is 5.88 Å². The highest BCUT2D eigenvalue weighted by molar-refractivity contribution is 5.93. The van der Waals surface area contributed by atoms with Crippen molar-refractivity contribution < 1.29 is 13.9 Å². The van der Waals surface area contributed by atoms with Gasteiger partial charge in [-0.15, -0.1) is 0 Å². The van der Waals surface area contributed by atoms with Gasteiger partial charge in [0.05, 0.1) is 12.8 Å². The molecule has 8 nitrogen and oxygen atoms in total. The molecule has 3 aromatic rings. The number of aromatic nitrogens is 4. The van der Waals surface area contributed by atoms with E-state index in [0.29, 0.717) is 41.9 Å². The minimum Gasteiger partial charge on any atom is -0.472 e. The summed E-state index contributed by atoms with van der Waals surface area (Å²) < 4.78 is 11.2. The van der Waals surface area contributed by atoms with Gasteiger partial charge >= 0.3 is 0 Å². The summed E-state index contributed by atoms with van der Waals surface area (Å²) in [6.45, 7) is 2.94. The minimum absolute atomic E-state index is 0.0817. The van der Waals surface area contributed by atoms with Crippen molar-refractivity contribution in [3.05, 3.63) is 48.2 Å². The molecule has 3 aromatic heterocycles. The van der Waals surface area contributed by atoms with Crippen molar-refractivity contribution in [1.29, 1.82) is 0 Å². The second-order valence-electron chi connectivity index (χ2n) is 5.87. The van der Waals surface area contributed by atoms with Crippen LogP contribution in [-0.4, -0.2) is 50.2 Å². The number of nitrogens with zero attached hydrogens (tertiary/aromatic N) is 4. The molecule has 8 heteroatoms. The predicted octanol–water partition coefficient (Wildman–Crippen LogP) is 2.06. The summed E-state index contributed by atoms with van der Waals surface area (Å²) in [6, 6.07) is 7.02. The van der Waals surface area contributed by atoms with E-state index in [1.54, 1.807) is 35.6 Å². The van der Waals surface area contributed by atoms with Crippen LogP contribution in [0.25, 0.3) is 11.5 Å². The zero-order valence-corrected chi connectivity index (χ0v) is 13.7. The van der Waals surface area contributed by atoms with Gasteiger partial charge in [-0.2, -0.15) is 10.1 Å². The molecule has 1 fully saturated rings. The second kappa shape index (κ2) is 6.39. The Morgan fingerprint density at radius 3 is 3.16 bits per heavy atom. The molecule has 0 radical (unpaired) electrons. The van der Waals surface area contributed by atoms with Gasteiger partial charge in [0.1, 0.15) is 17.6 Å². The van der Waals surface area contributed by atoms with E-state index in [9.17, 15) is 4.79 Å². The van der Waals surface area contributed by atoms with Crippen LogP contribution < -0.4 is 4.74 Å². The molecule has 4 rings (SSSR count). The van der Waals surface area contributed by atoms with Crippen molar-refractivity contribution in [2.24, 2.45) is 0 Å². The second-order valence-corrected chi connectivity index (χ2v) is 5.87. The number of H-pyrrole nitrogens is 1. The van der Waals surface area contributed by atoms with Gasteiger partial charge in [0.25, 0.3) is 5.91 Å². The van der Waals surface area contributed by atoms with E-state index in [-0.39, 0.29) is 12.0 Å². The number of ether oxygens (including phenoxy) is 1. The Hall–Kier alpha value is -3.16. The number of hydrogen-bond donors (Lipinski definition) is 1. The van der Waals surface area contributed by atoms with Crippen molar-refractivity contribution >= 4 is 5.91 Å². The highest BCUT2D eigenvalue weighted by Crippen LogP contribution is 2.21. The topological polar surface area (TPSA) is 97.1 Å². The largest absolute Gasteiger partial charge is 0.472 e. The molecule has 0 aliphatic carbocycles. The zero-order chi connectivity index (χ0) is 17.2. The molecular weight excluding hydrogens is 322 g/mol. The smallest absolute Gasteiger partial charge is 0.274 e. The highest BCUT2D eigenvalue weighted by atomic mass is 16.5. The lowest BCUT2D eigenvalue weighted by atomic mass is 10.3. The average Bonchev–Trinajstić information content (AvgIpc) is 3.35. The number of hydrogen-bond acceptors (Lipinski definition) is 6. The van der Waals surface area contributed by atoms with Gasteiger partial charge < -0.3 is 14.1 Å². The van der Waals surface area contributed by atoms with E-state index in [2.05, 4.69) is 20.2 Å². The quantitative estimate of drug-likeness (QED) is 0.781. The van der Waals surface area contributed by atoms with Crippen molar-refractivity contribution in [2.75, 3.05) is 13.1 Å². The third-order valence-electron chi connectivity index (χ3n) is 4.05. The van der Waals surface area contributed by atoms with E-state index >= 15 is 0 Å². The van der Waals surface area contributed by atoms with Crippen LogP contribution in [0, 0.1) is 6.92 Å². The van der Waals surface area contributed by atoms with Crippen LogP contribution in [0.15, 0.2) is 41.1 Å². The van der Waals surface area contributed by atoms with E-state index in [0.717, 1.165) is 6.42 Å². The summed E-state index contributed by atoms with van der Waals surface area (Å²) in [5.41, 5.74) is 1.04. The molecule has 0 aromatic carbocycles. The normalized spacial score (nSPS) is 17.0. The third kappa shape index (κ3) is 3.23. The first-order valence-electron chi connectivity index (χ1n) is 8.04. The first-order valence-corrected chi connectivity index (χ1v) is 8.04. The molecule has 1 aliphatic rings. The first-order chi connectivity index (χ1) is 12.2. The van der Waals surface area contributed by atoms with Crippen molar-refractivity contribution in [1.82, 2.24) is 25.1 Å². The Morgan fingerprint density at radius 2 is 2.36 bits per heavy atom. The van der Waals surface area contributed by atoms with Crippen LogP contribution in [0.4, 0.5) is 0 Å². The highest BCUT2D eigenvalue weighted by Gasteiger charge is 2.30. The number of furan rings is 1. The van der Waals surface area contributed by atoms with Crippen LogP contribution >= 0.6 is 0 Å². The summed E-state index contributed by atoms with van der Waals surface area (Å²) in [7, 11) is 0. The molecule has 0 saturated carbocycles. The lowest BCUT2D eigenvalue weighted by molar-refractivity contribution is 0.0765. The fourth-order valence-electron chi connectivity index (χ4n) is 2.83. The monoisotopic (exact) mass is 339 g/mol. The van der Waals surface area contributed by atoms with Gasteiger partial charge in [0.15, 0.2) is 11.5 Å². The van der Waals surface area contributed by atoms with Gasteiger partial charge in [-0.25, -0.2) is 4.98 Å². The molecule has 1 N–H and O–H groups in total. The Labute approximate surface area is 143 Å². The maximum absolute atomic E-state index is 12.6. The maximum Gasteiger partial charge on any atom is 0.274 e. The number of carbonyl (C=O) groups excluding carboxylic acids is 1. The maximum atomic E-state index is 12.6.